The first-order valence-electron chi connectivity index (χ1n) is 7.07. The standard InChI is InChI=1S/C13H12N6O5S/c20-10-6(4-14-10)16-12(22)8(7-2-1-3-25-7)17-13(23)9-11(21)15-5-19(24)18-9/h1-3,5-6,8H,4H2,(H,14,20)(H,15,21)(H,16,22)(H,17,23). The zero-order valence-electron chi connectivity index (χ0n) is 12.5. The molecule has 25 heavy (non-hydrogen) atoms. The molecule has 0 aromatic carbocycles. The van der Waals surface area contributed by atoms with Crippen LogP contribution in [0.5, 0.6) is 0 Å². The molecule has 2 atom stereocenters. The van der Waals surface area contributed by atoms with Crippen LogP contribution in [-0.4, -0.2) is 40.4 Å². The first-order valence-corrected chi connectivity index (χ1v) is 7.95. The fourth-order valence-electron chi connectivity index (χ4n) is 2.08. The number of amides is 3. The van der Waals surface area contributed by atoms with E-state index in [4.69, 9.17) is 0 Å². The minimum Gasteiger partial charge on any atom is -0.691 e. The number of nitrogens with zero attached hydrogens (tertiary/aromatic N) is 2. The normalized spacial score (nSPS) is 17.1. The summed E-state index contributed by atoms with van der Waals surface area (Å²) in [5, 5.41) is 23.5. The minimum atomic E-state index is -1.14. The summed E-state index contributed by atoms with van der Waals surface area (Å²) in [4.78, 5) is 50.2. The molecule has 1 aliphatic heterocycles. The van der Waals surface area contributed by atoms with Crippen LogP contribution in [0.1, 0.15) is 21.4 Å². The van der Waals surface area contributed by atoms with E-state index in [9.17, 15) is 24.4 Å². The highest BCUT2D eigenvalue weighted by atomic mass is 32.1. The van der Waals surface area contributed by atoms with Crippen LogP contribution in [0.2, 0.25) is 0 Å². The van der Waals surface area contributed by atoms with Crippen LogP contribution >= 0.6 is 11.3 Å². The van der Waals surface area contributed by atoms with Crippen molar-refractivity contribution in [2.45, 2.75) is 12.1 Å². The number of carbonyl (C=O) groups is 3. The number of carbonyl (C=O) groups excluding carboxylic acids is 3. The second-order valence-electron chi connectivity index (χ2n) is 5.08. The van der Waals surface area contributed by atoms with Crippen molar-refractivity contribution in [2.24, 2.45) is 0 Å². The molecule has 1 saturated heterocycles. The molecule has 0 saturated carbocycles. The number of hydrogen-bond donors (Lipinski definition) is 4. The third-order valence-electron chi connectivity index (χ3n) is 3.41. The number of rotatable bonds is 5. The third-order valence-corrected chi connectivity index (χ3v) is 4.35. The van der Waals surface area contributed by atoms with Crippen molar-refractivity contribution < 1.29 is 19.2 Å². The zero-order valence-corrected chi connectivity index (χ0v) is 13.3. The molecule has 3 amide bonds. The van der Waals surface area contributed by atoms with E-state index in [0.717, 1.165) is 6.33 Å². The maximum Gasteiger partial charge on any atom is 0.366 e. The van der Waals surface area contributed by atoms with Gasteiger partial charge < -0.3 is 21.2 Å². The molecule has 11 nitrogen and oxygen atoms in total. The summed E-state index contributed by atoms with van der Waals surface area (Å²) in [7, 11) is 0. The van der Waals surface area contributed by atoms with Crippen LogP contribution in [0.15, 0.2) is 28.6 Å². The number of aromatic amines is 1. The third kappa shape index (κ3) is 3.47. The van der Waals surface area contributed by atoms with E-state index in [1.54, 1.807) is 17.5 Å². The summed E-state index contributed by atoms with van der Waals surface area (Å²) < 4.78 is 0. The van der Waals surface area contributed by atoms with Gasteiger partial charge in [-0.1, -0.05) is 11.2 Å². The topological polar surface area (TPSA) is 160 Å². The van der Waals surface area contributed by atoms with Crippen molar-refractivity contribution in [3.05, 3.63) is 50.0 Å². The average Bonchev–Trinajstić information content (AvgIpc) is 3.12. The lowest BCUT2D eigenvalue weighted by Gasteiger charge is -2.28. The Morgan fingerprint density at radius 3 is 2.84 bits per heavy atom. The quantitative estimate of drug-likeness (QED) is 0.262. The van der Waals surface area contributed by atoms with Gasteiger partial charge in [-0.05, 0) is 11.4 Å². The number of nitrogens with one attached hydrogen (secondary N) is 4. The smallest absolute Gasteiger partial charge is 0.366 e. The van der Waals surface area contributed by atoms with Crippen molar-refractivity contribution in [3.63, 3.8) is 0 Å². The van der Waals surface area contributed by atoms with Gasteiger partial charge in [0, 0.05) is 11.4 Å². The highest BCUT2D eigenvalue weighted by molar-refractivity contribution is 7.10. The Labute approximate surface area is 143 Å². The van der Waals surface area contributed by atoms with Crippen LogP contribution in [0.4, 0.5) is 0 Å². The minimum absolute atomic E-state index is 0.0230. The van der Waals surface area contributed by atoms with E-state index >= 15 is 0 Å². The monoisotopic (exact) mass is 364 g/mol. The molecule has 2 unspecified atom stereocenters. The maximum absolute atomic E-state index is 12.4. The summed E-state index contributed by atoms with van der Waals surface area (Å²) in [6.07, 6.45) is 0.748. The van der Waals surface area contributed by atoms with Gasteiger partial charge in [-0.25, -0.2) is 9.78 Å². The van der Waals surface area contributed by atoms with E-state index in [0.29, 0.717) is 11.4 Å². The van der Waals surface area contributed by atoms with Gasteiger partial charge in [0.25, 0.3) is 17.9 Å². The lowest BCUT2D eigenvalue weighted by atomic mass is 10.1. The maximum atomic E-state index is 12.4. The average molecular weight is 364 g/mol. The summed E-state index contributed by atoms with van der Waals surface area (Å²) >= 11 is 1.21. The molecule has 0 spiro atoms. The molecule has 2 aromatic heterocycles. The first kappa shape index (κ1) is 16.6. The highest BCUT2D eigenvalue weighted by Gasteiger charge is 2.33. The predicted molar refractivity (Wildman–Crippen MR) is 83.3 cm³/mol. The molecule has 2 aromatic rings. The van der Waals surface area contributed by atoms with Gasteiger partial charge in [-0.15, -0.1) is 16.2 Å². The first-order chi connectivity index (χ1) is 12.0. The molecule has 1 aliphatic rings. The fraction of sp³-hybridized carbons (Fsp3) is 0.231. The Morgan fingerprint density at radius 1 is 1.44 bits per heavy atom. The molecule has 4 N–H and O–H groups in total. The molecule has 3 heterocycles. The number of β-lactam (4-membered cyclic amide) rings is 1. The van der Waals surface area contributed by atoms with Gasteiger partial charge in [0.1, 0.15) is 12.1 Å². The molecule has 12 heteroatoms. The fourth-order valence-corrected chi connectivity index (χ4v) is 2.86. The number of aromatic nitrogens is 3. The van der Waals surface area contributed by atoms with Crippen LogP contribution in [0.3, 0.4) is 0 Å². The summed E-state index contributed by atoms with van der Waals surface area (Å²) in [6, 6.07) is 1.49. The van der Waals surface area contributed by atoms with Crippen LogP contribution in [0.25, 0.3) is 0 Å². The van der Waals surface area contributed by atoms with Gasteiger partial charge in [0.2, 0.25) is 11.8 Å². The van der Waals surface area contributed by atoms with Crippen molar-refractivity contribution in [2.75, 3.05) is 6.54 Å². The van der Waals surface area contributed by atoms with E-state index < -0.39 is 35.2 Å². The number of thiophene rings is 1. The van der Waals surface area contributed by atoms with Gasteiger partial charge in [0.05, 0.1) is 0 Å². The van der Waals surface area contributed by atoms with Crippen LogP contribution in [-0.2, 0) is 9.59 Å². The lowest BCUT2D eigenvalue weighted by molar-refractivity contribution is -0.672. The Bertz CT molecular complexity index is 879. The van der Waals surface area contributed by atoms with Crippen molar-refractivity contribution >= 4 is 29.1 Å². The largest absolute Gasteiger partial charge is 0.691 e. The van der Waals surface area contributed by atoms with Crippen molar-refractivity contribution in [1.29, 1.82) is 0 Å². The van der Waals surface area contributed by atoms with E-state index in [2.05, 4.69) is 26.0 Å². The Kier molecular flexibility index (Phi) is 4.43. The molecule has 3 rings (SSSR count). The molecular weight excluding hydrogens is 352 g/mol. The van der Waals surface area contributed by atoms with E-state index in [1.165, 1.54) is 11.3 Å². The Balaban J connectivity index is 1.81. The molecule has 0 bridgehead atoms. The van der Waals surface area contributed by atoms with Crippen LogP contribution in [0, 0.1) is 5.21 Å². The zero-order chi connectivity index (χ0) is 18.0. The Hall–Kier alpha value is -3.28. The van der Waals surface area contributed by atoms with Gasteiger partial charge >= 0.3 is 5.56 Å². The van der Waals surface area contributed by atoms with Gasteiger partial charge in [-0.2, -0.15) is 0 Å². The second kappa shape index (κ2) is 6.68. The summed E-state index contributed by atoms with van der Waals surface area (Å²) in [5.74, 6) is -1.92. The summed E-state index contributed by atoms with van der Waals surface area (Å²) in [5.41, 5.74) is -1.54. The second-order valence-corrected chi connectivity index (χ2v) is 6.06. The van der Waals surface area contributed by atoms with E-state index in [-0.39, 0.29) is 10.8 Å². The van der Waals surface area contributed by atoms with Crippen LogP contribution < -0.4 is 26.4 Å². The molecule has 1 fully saturated rings. The number of H-pyrrole nitrogens is 1. The predicted octanol–water partition coefficient (Wildman–Crippen LogP) is -2.45. The van der Waals surface area contributed by atoms with Gasteiger partial charge in [-0.3, -0.25) is 14.4 Å². The molecule has 0 aliphatic carbocycles. The SMILES string of the molecule is O=C(NC(C(=O)NC1CNC1=O)c1cccs1)c1n[n+]([O-])c[nH]c1=O. The number of hydrogen-bond acceptors (Lipinski definition) is 7. The summed E-state index contributed by atoms with van der Waals surface area (Å²) in [6.45, 7) is 0.297. The van der Waals surface area contributed by atoms with E-state index in [1.807, 2.05) is 0 Å². The highest BCUT2D eigenvalue weighted by Crippen LogP contribution is 2.20. The molecular formula is C13H12N6O5S. The van der Waals surface area contributed by atoms with Crippen molar-refractivity contribution in [3.8, 4) is 0 Å². The Morgan fingerprint density at radius 2 is 2.24 bits per heavy atom. The van der Waals surface area contributed by atoms with Gasteiger partial charge in [0.15, 0.2) is 0 Å². The van der Waals surface area contributed by atoms with Crippen molar-refractivity contribution in [1.82, 2.24) is 26.0 Å². The molecule has 130 valence electrons. The lowest BCUT2D eigenvalue weighted by Crippen LogP contribution is -2.63. The molecule has 0 radical (unpaired) electrons.